The lowest BCUT2D eigenvalue weighted by molar-refractivity contribution is 0.213. The Morgan fingerprint density at radius 3 is 3.05 bits per heavy atom. The summed E-state index contributed by atoms with van der Waals surface area (Å²) in [5, 5.41) is 0. The first kappa shape index (κ1) is 12.2. The van der Waals surface area contributed by atoms with Crippen LogP contribution in [0.2, 0.25) is 0 Å². The van der Waals surface area contributed by atoms with Crippen LogP contribution in [-0.2, 0) is 0 Å². The van der Waals surface area contributed by atoms with Crippen molar-refractivity contribution in [3.63, 3.8) is 0 Å². The average Bonchev–Trinajstić information content (AvgIpc) is 2.86. The van der Waals surface area contributed by atoms with Crippen LogP contribution in [0, 0.1) is 0 Å². The van der Waals surface area contributed by atoms with E-state index >= 15 is 0 Å². The summed E-state index contributed by atoms with van der Waals surface area (Å²) in [5.41, 5.74) is 7.27. The molecule has 2 aromatic heterocycles. The minimum atomic E-state index is 0.279. The molecule has 1 unspecified atom stereocenters. The molecular formula is C12H19N7. The average molecular weight is 261 g/mol. The molecule has 1 aliphatic heterocycles. The van der Waals surface area contributed by atoms with E-state index in [1.807, 2.05) is 0 Å². The molecule has 1 aliphatic rings. The van der Waals surface area contributed by atoms with Crippen molar-refractivity contribution < 1.29 is 0 Å². The van der Waals surface area contributed by atoms with Crippen molar-refractivity contribution in [2.45, 2.75) is 19.4 Å². The Labute approximate surface area is 111 Å². The lowest BCUT2D eigenvalue weighted by atomic mass is 10.1. The number of anilines is 2. The van der Waals surface area contributed by atoms with Gasteiger partial charge in [-0.05, 0) is 13.5 Å². The van der Waals surface area contributed by atoms with Gasteiger partial charge in [0.05, 0.1) is 6.33 Å². The Bertz CT molecular complexity index is 578. The number of nitrogens with one attached hydrogen (secondary N) is 1. The summed E-state index contributed by atoms with van der Waals surface area (Å²) in [7, 11) is 2.17. The predicted molar refractivity (Wildman–Crippen MR) is 75.0 cm³/mol. The van der Waals surface area contributed by atoms with Gasteiger partial charge >= 0.3 is 0 Å². The van der Waals surface area contributed by atoms with E-state index in [0.717, 1.165) is 37.4 Å². The molecular weight excluding hydrogens is 242 g/mol. The Morgan fingerprint density at radius 2 is 2.26 bits per heavy atom. The standard InChI is InChI=1S/C12H19N7/c1-3-8-6-19(5-4-18(8)2)11-9-10(15-7-14-9)16-12(13)17-11/h7-8H,3-6H2,1-2H3,(H3,13,14,15,16,17). The first-order valence-electron chi connectivity index (χ1n) is 6.60. The summed E-state index contributed by atoms with van der Waals surface area (Å²) >= 11 is 0. The monoisotopic (exact) mass is 261 g/mol. The van der Waals surface area contributed by atoms with Crippen molar-refractivity contribution >= 4 is 22.9 Å². The van der Waals surface area contributed by atoms with Crippen LogP contribution in [0.25, 0.3) is 11.2 Å². The second kappa shape index (κ2) is 4.65. The van der Waals surface area contributed by atoms with Crippen molar-refractivity contribution in [1.29, 1.82) is 0 Å². The maximum Gasteiger partial charge on any atom is 0.224 e. The van der Waals surface area contributed by atoms with Gasteiger partial charge in [-0.15, -0.1) is 0 Å². The van der Waals surface area contributed by atoms with E-state index in [2.05, 4.69) is 43.7 Å². The number of likely N-dealkylation sites (N-methyl/N-ethyl adjacent to an activating group) is 1. The summed E-state index contributed by atoms with van der Waals surface area (Å²) in [6.07, 6.45) is 2.76. The predicted octanol–water partition coefficient (Wildman–Crippen LogP) is 0.465. The number of piperazine rings is 1. The van der Waals surface area contributed by atoms with Crippen molar-refractivity contribution in [1.82, 2.24) is 24.8 Å². The van der Waals surface area contributed by atoms with E-state index in [1.54, 1.807) is 6.33 Å². The molecule has 1 fully saturated rings. The first-order valence-corrected chi connectivity index (χ1v) is 6.60. The van der Waals surface area contributed by atoms with E-state index in [4.69, 9.17) is 5.73 Å². The molecule has 2 aromatic rings. The highest BCUT2D eigenvalue weighted by atomic mass is 15.3. The van der Waals surface area contributed by atoms with Gasteiger partial charge in [0.15, 0.2) is 11.5 Å². The normalized spacial score (nSPS) is 21.2. The van der Waals surface area contributed by atoms with Crippen LogP contribution < -0.4 is 10.6 Å². The fourth-order valence-electron chi connectivity index (χ4n) is 2.64. The minimum absolute atomic E-state index is 0.279. The summed E-state index contributed by atoms with van der Waals surface area (Å²) in [5.74, 6) is 1.15. The highest BCUT2D eigenvalue weighted by molar-refractivity contribution is 5.84. The van der Waals surface area contributed by atoms with E-state index < -0.39 is 0 Å². The second-order valence-corrected chi connectivity index (χ2v) is 5.00. The second-order valence-electron chi connectivity index (χ2n) is 5.00. The van der Waals surface area contributed by atoms with Gasteiger partial charge in [0.25, 0.3) is 0 Å². The van der Waals surface area contributed by atoms with Gasteiger partial charge in [-0.2, -0.15) is 9.97 Å². The molecule has 0 aliphatic carbocycles. The third kappa shape index (κ3) is 2.10. The van der Waals surface area contributed by atoms with Gasteiger partial charge in [-0.25, -0.2) is 4.98 Å². The molecule has 0 radical (unpaired) electrons. The largest absolute Gasteiger partial charge is 0.368 e. The molecule has 3 N–H and O–H groups in total. The fraction of sp³-hybridized carbons (Fsp3) is 0.583. The van der Waals surface area contributed by atoms with Gasteiger partial charge < -0.3 is 15.6 Å². The maximum absolute atomic E-state index is 5.77. The molecule has 7 heteroatoms. The van der Waals surface area contributed by atoms with Crippen molar-refractivity contribution in [2.24, 2.45) is 0 Å². The van der Waals surface area contributed by atoms with Crippen LogP contribution in [-0.4, -0.2) is 57.6 Å². The Morgan fingerprint density at radius 1 is 1.42 bits per heavy atom. The number of fused-ring (bicyclic) bond motifs is 1. The number of nitrogens with two attached hydrogens (primary N) is 1. The number of imidazole rings is 1. The lowest BCUT2D eigenvalue weighted by Crippen LogP contribution is -2.51. The number of nitrogen functional groups attached to an aromatic ring is 1. The Balaban J connectivity index is 1.97. The molecule has 1 saturated heterocycles. The summed E-state index contributed by atoms with van der Waals surface area (Å²) < 4.78 is 0. The zero-order valence-corrected chi connectivity index (χ0v) is 11.3. The highest BCUT2D eigenvalue weighted by Crippen LogP contribution is 2.24. The zero-order chi connectivity index (χ0) is 13.4. The van der Waals surface area contributed by atoms with Crippen LogP contribution >= 0.6 is 0 Å². The topological polar surface area (TPSA) is 87.0 Å². The molecule has 0 spiro atoms. The van der Waals surface area contributed by atoms with E-state index in [-0.39, 0.29) is 5.95 Å². The highest BCUT2D eigenvalue weighted by Gasteiger charge is 2.25. The summed E-state index contributed by atoms with van der Waals surface area (Å²) in [6, 6.07) is 0.544. The molecule has 3 heterocycles. The van der Waals surface area contributed by atoms with Crippen LogP contribution in [0.4, 0.5) is 11.8 Å². The van der Waals surface area contributed by atoms with Gasteiger partial charge in [0.2, 0.25) is 5.95 Å². The first-order chi connectivity index (χ1) is 9.19. The quantitative estimate of drug-likeness (QED) is 0.817. The maximum atomic E-state index is 5.77. The zero-order valence-electron chi connectivity index (χ0n) is 11.3. The Kier molecular flexibility index (Phi) is 2.98. The fourth-order valence-corrected chi connectivity index (χ4v) is 2.64. The van der Waals surface area contributed by atoms with Crippen molar-refractivity contribution in [3.8, 4) is 0 Å². The van der Waals surface area contributed by atoms with Gasteiger partial charge in [-0.3, -0.25) is 4.90 Å². The number of rotatable bonds is 2. The van der Waals surface area contributed by atoms with Crippen LogP contribution in [0.1, 0.15) is 13.3 Å². The Hall–Kier alpha value is -1.89. The van der Waals surface area contributed by atoms with E-state index in [1.165, 1.54) is 0 Å². The SMILES string of the molecule is CCC1CN(c2nc(N)nc3nc[nH]c23)CCN1C. The minimum Gasteiger partial charge on any atom is -0.368 e. The number of H-pyrrole nitrogens is 1. The van der Waals surface area contributed by atoms with Crippen LogP contribution in [0.3, 0.4) is 0 Å². The molecule has 3 rings (SSSR count). The summed E-state index contributed by atoms with van der Waals surface area (Å²) in [4.78, 5) is 20.5. The number of aromatic nitrogens is 4. The van der Waals surface area contributed by atoms with Gasteiger partial charge in [0, 0.05) is 25.7 Å². The molecule has 0 amide bonds. The number of aromatic amines is 1. The van der Waals surface area contributed by atoms with Crippen molar-refractivity contribution in [3.05, 3.63) is 6.33 Å². The van der Waals surface area contributed by atoms with E-state index in [0.29, 0.717) is 11.7 Å². The molecule has 0 bridgehead atoms. The third-order valence-corrected chi connectivity index (χ3v) is 3.83. The molecule has 0 saturated carbocycles. The third-order valence-electron chi connectivity index (χ3n) is 3.83. The van der Waals surface area contributed by atoms with Gasteiger partial charge in [-0.1, -0.05) is 6.92 Å². The van der Waals surface area contributed by atoms with Crippen LogP contribution in [0.5, 0.6) is 0 Å². The number of hydrogen-bond acceptors (Lipinski definition) is 6. The van der Waals surface area contributed by atoms with Gasteiger partial charge in [0.1, 0.15) is 5.52 Å². The van der Waals surface area contributed by atoms with Crippen LogP contribution in [0.15, 0.2) is 6.33 Å². The number of nitrogens with zero attached hydrogens (tertiary/aromatic N) is 5. The molecule has 19 heavy (non-hydrogen) atoms. The molecule has 7 nitrogen and oxygen atoms in total. The van der Waals surface area contributed by atoms with Crippen molar-refractivity contribution in [2.75, 3.05) is 37.3 Å². The molecule has 1 atom stereocenters. The smallest absolute Gasteiger partial charge is 0.224 e. The summed E-state index contributed by atoms with van der Waals surface area (Å²) in [6.45, 7) is 5.14. The molecule has 0 aromatic carbocycles. The lowest BCUT2D eigenvalue weighted by Gasteiger charge is -2.39. The molecule has 102 valence electrons. The van der Waals surface area contributed by atoms with E-state index in [9.17, 15) is 0 Å². The number of hydrogen-bond donors (Lipinski definition) is 2.